The van der Waals surface area contributed by atoms with E-state index >= 15 is 0 Å². The highest BCUT2D eigenvalue weighted by molar-refractivity contribution is 7.99. The van der Waals surface area contributed by atoms with E-state index in [1.54, 1.807) is 42.1 Å². The van der Waals surface area contributed by atoms with E-state index in [1.165, 1.54) is 16.0 Å². The Kier molecular flexibility index (Phi) is 14.9. The van der Waals surface area contributed by atoms with E-state index < -0.39 is 15.9 Å². The third-order valence-corrected chi connectivity index (χ3v) is 13.4. The van der Waals surface area contributed by atoms with Gasteiger partial charge in [0, 0.05) is 96.2 Å². The van der Waals surface area contributed by atoms with Gasteiger partial charge in [-0.1, -0.05) is 72.3 Å². The minimum Gasteiger partial charge on any atom is -0.381 e. The van der Waals surface area contributed by atoms with E-state index in [9.17, 15) is 13.2 Å². The standard InChI is InChI=1S/C48H51ClN6O3S2/c1-36-33-45(22-23-47(36)52-42(35-59-44-11-3-2-4-12-44)25-28-50-27-24-41-10-7-8-26-51-41)60(57,58)53-48(56)38-16-20-43(21-17-38)55-31-29-54(30-32-55)34-39-9-5-6-13-46(39)37-14-18-40(49)19-15-37/h2-23,26,33,42,50,52H,24-25,27-32,34-35H2,1H3,(H,53,56)/t42-/m1/s1. The number of aromatic nitrogens is 1. The van der Waals surface area contributed by atoms with E-state index in [4.69, 9.17) is 11.6 Å². The molecule has 5 aromatic carbocycles. The van der Waals surface area contributed by atoms with Crippen LogP contribution in [-0.4, -0.2) is 75.3 Å². The van der Waals surface area contributed by atoms with Crippen molar-refractivity contribution in [2.24, 2.45) is 0 Å². The van der Waals surface area contributed by atoms with Gasteiger partial charge in [0.15, 0.2) is 0 Å². The zero-order chi connectivity index (χ0) is 41.7. The SMILES string of the molecule is Cc1cc(S(=O)(=O)NC(=O)c2ccc(N3CCN(Cc4ccccc4-c4ccc(Cl)cc4)CC3)cc2)ccc1N[C@H](CCNCCc1ccccn1)CSc1ccccc1. The Bertz CT molecular complexity index is 2410. The summed E-state index contributed by atoms with van der Waals surface area (Å²) in [6, 6.07) is 45.0. The summed E-state index contributed by atoms with van der Waals surface area (Å²) >= 11 is 7.92. The van der Waals surface area contributed by atoms with Crippen LogP contribution in [0.4, 0.5) is 11.4 Å². The number of anilines is 2. The number of halogens is 1. The number of hydrogen-bond donors (Lipinski definition) is 3. The molecule has 7 rings (SSSR count). The molecule has 0 saturated carbocycles. The lowest BCUT2D eigenvalue weighted by Gasteiger charge is -2.36. The topological polar surface area (TPSA) is 107 Å². The van der Waals surface area contributed by atoms with Gasteiger partial charge in [0.2, 0.25) is 0 Å². The van der Waals surface area contributed by atoms with Crippen LogP contribution >= 0.6 is 23.4 Å². The van der Waals surface area contributed by atoms with Gasteiger partial charge in [-0.2, -0.15) is 0 Å². The summed E-state index contributed by atoms with van der Waals surface area (Å²) in [6.07, 6.45) is 3.54. The molecule has 1 atom stereocenters. The van der Waals surface area contributed by atoms with Crippen molar-refractivity contribution < 1.29 is 13.2 Å². The minimum absolute atomic E-state index is 0.0376. The number of sulfonamides is 1. The summed E-state index contributed by atoms with van der Waals surface area (Å²) in [5.41, 5.74) is 7.60. The third kappa shape index (κ3) is 12.0. The molecule has 9 nitrogen and oxygen atoms in total. The van der Waals surface area contributed by atoms with Crippen LogP contribution in [0, 0.1) is 6.92 Å². The van der Waals surface area contributed by atoms with E-state index in [0.29, 0.717) is 0 Å². The van der Waals surface area contributed by atoms with Crippen molar-refractivity contribution in [2.45, 2.75) is 42.1 Å². The highest BCUT2D eigenvalue weighted by atomic mass is 35.5. The molecule has 3 N–H and O–H groups in total. The number of pyridine rings is 1. The predicted molar refractivity (Wildman–Crippen MR) is 247 cm³/mol. The quantitative estimate of drug-likeness (QED) is 0.0577. The number of rotatable bonds is 18. The third-order valence-electron chi connectivity index (χ3n) is 10.7. The van der Waals surface area contributed by atoms with Gasteiger partial charge in [-0.3, -0.25) is 14.7 Å². The van der Waals surface area contributed by atoms with Gasteiger partial charge in [-0.25, -0.2) is 13.1 Å². The number of carbonyl (C=O) groups is 1. The molecule has 1 amide bonds. The first-order valence-electron chi connectivity index (χ1n) is 20.3. The van der Waals surface area contributed by atoms with E-state index in [2.05, 4.69) is 78.7 Å². The number of nitrogens with one attached hydrogen (secondary N) is 3. The molecule has 1 aliphatic heterocycles. The fraction of sp³-hybridized carbons (Fsp3) is 0.250. The summed E-state index contributed by atoms with van der Waals surface area (Å²) in [5.74, 6) is 0.163. The molecule has 0 radical (unpaired) electrons. The molecule has 1 saturated heterocycles. The van der Waals surface area contributed by atoms with Crippen molar-refractivity contribution >= 4 is 50.7 Å². The average Bonchev–Trinajstić information content (AvgIpc) is 3.27. The molecule has 1 aromatic heterocycles. The second-order valence-corrected chi connectivity index (χ2v) is 18.2. The molecule has 6 aromatic rings. The maximum absolute atomic E-state index is 13.5. The normalized spacial score (nSPS) is 13.8. The molecule has 12 heteroatoms. The zero-order valence-corrected chi connectivity index (χ0v) is 36.2. The van der Waals surface area contributed by atoms with Crippen molar-refractivity contribution in [3.8, 4) is 11.1 Å². The molecule has 0 aliphatic carbocycles. The molecule has 1 fully saturated rings. The van der Waals surface area contributed by atoms with Gasteiger partial charge in [0.05, 0.1) is 4.90 Å². The number of aryl methyl sites for hydroxylation is 1. The first kappa shape index (κ1) is 42.9. The number of amides is 1. The number of carbonyl (C=O) groups excluding carboxylic acids is 1. The molecule has 2 heterocycles. The molecule has 0 unspecified atom stereocenters. The van der Waals surface area contributed by atoms with Gasteiger partial charge in [0.1, 0.15) is 0 Å². The van der Waals surface area contributed by atoms with Crippen LogP contribution < -0.4 is 20.3 Å². The fourth-order valence-corrected chi connectivity index (χ4v) is 9.48. The second-order valence-electron chi connectivity index (χ2n) is 15.0. The van der Waals surface area contributed by atoms with E-state index in [0.717, 1.165) is 97.6 Å². The van der Waals surface area contributed by atoms with E-state index in [-0.39, 0.29) is 16.5 Å². The Morgan fingerprint density at radius 2 is 1.55 bits per heavy atom. The van der Waals surface area contributed by atoms with Gasteiger partial charge < -0.3 is 15.5 Å². The lowest BCUT2D eigenvalue weighted by molar-refractivity contribution is 0.0981. The Morgan fingerprint density at radius 3 is 2.28 bits per heavy atom. The average molecular weight is 860 g/mol. The van der Waals surface area contributed by atoms with Crippen LogP contribution in [0.3, 0.4) is 0 Å². The number of hydrogen-bond acceptors (Lipinski definition) is 9. The number of nitrogens with zero attached hydrogens (tertiary/aromatic N) is 3. The first-order valence-corrected chi connectivity index (χ1v) is 23.2. The Balaban J connectivity index is 0.912. The summed E-state index contributed by atoms with van der Waals surface area (Å²) in [4.78, 5) is 23.6. The minimum atomic E-state index is -4.12. The van der Waals surface area contributed by atoms with Crippen molar-refractivity contribution in [3.05, 3.63) is 173 Å². The van der Waals surface area contributed by atoms with Crippen LogP contribution in [-0.2, 0) is 23.0 Å². The van der Waals surface area contributed by atoms with Gasteiger partial charge >= 0.3 is 0 Å². The van der Waals surface area contributed by atoms with Crippen LogP contribution in [0.15, 0.2) is 156 Å². The molecule has 0 spiro atoms. The summed E-state index contributed by atoms with van der Waals surface area (Å²) in [7, 11) is -4.12. The van der Waals surface area contributed by atoms with E-state index in [1.807, 2.05) is 73.8 Å². The van der Waals surface area contributed by atoms with Crippen molar-refractivity contribution in [2.75, 3.05) is 55.2 Å². The summed E-state index contributed by atoms with van der Waals surface area (Å²) in [6.45, 7) is 7.83. The Morgan fingerprint density at radius 1 is 0.817 bits per heavy atom. The fourth-order valence-electron chi connectivity index (χ4n) is 7.30. The Labute approximate surface area is 363 Å². The van der Waals surface area contributed by atoms with Crippen molar-refractivity contribution in [3.63, 3.8) is 0 Å². The number of thioether (sulfide) groups is 1. The lowest BCUT2D eigenvalue weighted by Crippen LogP contribution is -2.46. The lowest BCUT2D eigenvalue weighted by atomic mass is 9.99. The van der Waals surface area contributed by atoms with Gasteiger partial charge in [0.25, 0.3) is 15.9 Å². The van der Waals surface area contributed by atoms with Crippen LogP contribution in [0.1, 0.15) is 33.6 Å². The molecular weight excluding hydrogens is 808 g/mol. The molecule has 0 bridgehead atoms. The predicted octanol–water partition coefficient (Wildman–Crippen LogP) is 8.95. The summed E-state index contributed by atoms with van der Waals surface area (Å²) in [5, 5.41) is 7.93. The highest BCUT2D eigenvalue weighted by Crippen LogP contribution is 2.28. The van der Waals surface area contributed by atoms with Crippen molar-refractivity contribution in [1.82, 2.24) is 19.9 Å². The molecular formula is C48H51ClN6O3S2. The number of piperazine rings is 1. The second kappa shape index (κ2) is 20.9. The smallest absolute Gasteiger partial charge is 0.264 e. The molecule has 310 valence electrons. The Hall–Kier alpha value is -5.17. The van der Waals surface area contributed by atoms with Gasteiger partial charge in [-0.15, -0.1) is 11.8 Å². The monoisotopic (exact) mass is 858 g/mol. The maximum Gasteiger partial charge on any atom is 0.264 e. The highest BCUT2D eigenvalue weighted by Gasteiger charge is 2.22. The van der Waals surface area contributed by atoms with Crippen LogP contribution in [0.25, 0.3) is 11.1 Å². The van der Waals surface area contributed by atoms with Crippen molar-refractivity contribution in [1.29, 1.82) is 0 Å². The summed E-state index contributed by atoms with van der Waals surface area (Å²) < 4.78 is 29.2. The maximum atomic E-state index is 13.5. The zero-order valence-electron chi connectivity index (χ0n) is 33.8. The molecule has 1 aliphatic rings. The number of benzene rings is 5. The van der Waals surface area contributed by atoms with Crippen LogP contribution in [0.2, 0.25) is 5.02 Å². The van der Waals surface area contributed by atoms with Crippen LogP contribution in [0.5, 0.6) is 0 Å². The van der Waals surface area contributed by atoms with Gasteiger partial charge in [-0.05, 0) is 121 Å². The molecule has 60 heavy (non-hydrogen) atoms. The largest absolute Gasteiger partial charge is 0.381 e. The first-order chi connectivity index (χ1) is 29.2.